The Morgan fingerprint density at radius 2 is 1.86 bits per heavy atom. The lowest BCUT2D eigenvalue weighted by molar-refractivity contribution is -0.137. The van der Waals surface area contributed by atoms with E-state index in [4.69, 9.17) is 4.74 Å². The van der Waals surface area contributed by atoms with Crippen LogP contribution in [0, 0.1) is 5.92 Å². The van der Waals surface area contributed by atoms with Gasteiger partial charge in [-0.1, -0.05) is 30.4 Å². The first-order chi connectivity index (χ1) is 13.8. The molecule has 0 aromatic heterocycles. The predicted octanol–water partition coefficient (Wildman–Crippen LogP) is 5.44. The first-order valence-electron chi connectivity index (χ1n) is 8.94. The highest BCUT2D eigenvalue weighted by Crippen LogP contribution is 2.33. The normalized spacial score (nSPS) is 18.5. The minimum atomic E-state index is -4.44. The zero-order valence-electron chi connectivity index (χ0n) is 15.6. The first-order valence-corrected chi connectivity index (χ1v) is 8.94. The fraction of sp³-hybridized carbons (Fsp3) is 0.286. The van der Waals surface area contributed by atoms with Gasteiger partial charge in [0, 0.05) is 5.92 Å². The number of amides is 1. The molecule has 0 saturated carbocycles. The van der Waals surface area contributed by atoms with Crippen LogP contribution in [0.4, 0.5) is 18.0 Å². The second-order valence-electron chi connectivity index (χ2n) is 6.69. The van der Waals surface area contributed by atoms with Crippen molar-refractivity contribution in [3.8, 4) is 11.5 Å². The van der Waals surface area contributed by atoms with Gasteiger partial charge in [-0.2, -0.15) is 18.2 Å². The van der Waals surface area contributed by atoms with Crippen LogP contribution in [0.5, 0.6) is 11.5 Å². The minimum absolute atomic E-state index is 0.0860. The number of hydroxylamine groups is 2. The van der Waals surface area contributed by atoms with Gasteiger partial charge >= 0.3 is 12.3 Å². The predicted molar refractivity (Wildman–Crippen MR) is 98.7 cm³/mol. The van der Waals surface area contributed by atoms with Crippen molar-refractivity contribution < 1.29 is 32.6 Å². The maximum absolute atomic E-state index is 12.9. The lowest BCUT2D eigenvalue weighted by Crippen LogP contribution is -2.40. The van der Waals surface area contributed by atoms with Gasteiger partial charge in [0.15, 0.2) is 0 Å². The number of ether oxygens (including phenoxy) is 2. The number of hydrogen-bond acceptors (Lipinski definition) is 4. The van der Waals surface area contributed by atoms with E-state index in [1.165, 1.54) is 19.2 Å². The number of benzene rings is 2. The van der Waals surface area contributed by atoms with Crippen LogP contribution in [0.2, 0.25) is 0 Å². The lowest BCUT2D eigenvalue weighted by atomic mass is 9.94. The van der Waals surface area contributed by atoms with Gasteiger partial charge in [-0.15, -0.1) is 0 Å². The molecule has 8 heteroatoms. The molecule has 2 aromatic rings. The van der Waals surface area contributed by atoms with Crippen molar-refractivity contribution in [2.75, 3.05) is 7.11 Å². The van der Waals surface area contributed by atoms with Gasteiger partial charge in [-0.3, -0.25) is 5.21 Å². The van der Waals surface area contributed by atoms with Gasteiger partial charge in [0.2, 0.25) is 0 Å². The van der Waals surface area contributed by atoms with Crippen LogP contribution in [0.25, 0.3) is 0 Å². The maximum Gasteiger partial charge on any atom is 0.433 e. The molecule has 5 nitrogen and oxygen atoms in total. The Balaban J connectivity index is 1.72. The van der Waals surface area contributed by atoms with Crippen LogP contribution >= 0.6 is 0 Å². The summed E-state index contributed by atoms with van der Waals surface area (Å²) in [7, 11) is 1.19. The summed E-state index contributed by atoms with van der Waals surface area (Å²) in [5.74, 6) is 0.347. The number of rotatable bonds is 5. The smallest absolute Gasteiger partial charge is 0.433 e. The van der Waals surface area contributed by atoms with Gasteiger partial charge in [0.1, 0.15) is 11.5 Å². The summed E-state index contributed by atoms with van der Waals surface area (Å²) in [5, 5.41) is 10.6. The van der Waals surface area contributed by atoms with Gasteiger partial charge in [-0.05, 0) is 48.7 Å². The molecule has 29 heavy (non-hydrogen) atoms. The van der Waals surface area contributed by atoms with Crippen molar-refractivity contribution >= 4 is 6.09 Å². The average molecular weight is 407 g/mol. The summed E-state index contributed by atoms with van der Waals surface area (Å²) in [4.78, 5) is 11.6. The molecule has 1 N–H and O–H groups in total. The Bertz CT molecular complexity index is 897. The molecule has 0 spiro atoms. The van der Waals surface area contributed by atoms with E-state index >= 15 is 0 Å². The largest absolute Gasteiger partial charge is 0.457 e. The highest BCUT2D eigenvalue weighted by atomic mass is 19.4. The van der Waals surface area contributed by atoms with Crippen molar-refractivity contribution in [2.24, 2.45) is 5.92 Å². The highest BCUT2D eigenvalue weighted by molar-refractivity contribution is 5.66. The van der Waals surface area contributed by atoms with Crippen LogP contribution in [0.15, 0.2) is 60.7 Å². The summed E-state index contributed by atoms with van der Waals surface area (Å²) in [5.41, 5.74) is 0.0743. The van der Waals surface area contributed by atoms with Gasteiger partial charge in [0.25, 0.3) is 0 Å². The molecular weight excluding hydrogens is 387 g/mol. The van der Waals surface area contributed by atoms with E-state index in [0.29, 0.717) is 23.7 Å². The molecule has 0 radical (unpaired) electrons. The average Bonchev–Trinajstić information content (AvgIpc) is 3.14. The van der Waals surface area contributed by atoms with E-state index in [0.717, 1.165) is 17.7 Å². The molecule has 3 rings (SSSR count). The quantitative estimate of drug-likeness (QED) is 0.407. The second-order valence-corrected chi connectivity index (χ2v) is 6.69. The molecular formula is C21H20F3NO4. The molecule has 154 valence electrons. The number of halogens is 3. The van der Waals surface area contributed by atoms with Crippen LogP contribution < -0.4 is 4.74 Å². The van der Waals surface area contributed by atoms with E-state index in [9.17, 15) is 23.2 Å². The van der Waals surface area contributed by atoms with Gasteiger partial charge in [-0.25, -0.2) is 4.79 Å². The standard InChI is InChI=1S/C21H20F3NO4/c1-28-20(26)25(27)19-10-3-6-15(19)11-14-5-2-8-17(12-14)29-18-9-4-7-16(13-18)21(22,23)24/h2-9,12-13,15,19,27H,10-11H2,1H3/t15-,19+/m1/s1. The topological polar surface area (TPSA) is 59.0 Å². The molecule has 0 bridgehead atoms. The van der Waals surface area contributed by atoms with Crippen LogP contribution in [0.3, 0.4) is 0 Å². The van der Waals surface area contributed by atoms with E-state index in [1.807, 2.05) is 18.2 Å². The molecule has 1 aliphatic rings. The Kier molecular flexibility index (Phi) is 6.12. The number of nitrogens with zero attached hydrogens (tertiary/aromatic N) is 1. The van der Waals surface area contributed by atoms with Crippen molar-refractivity contribution in [1.82, 2.24) is 5.06 Å². The van der Waals surface area contributed by atoms with E-state index in [1.54, 1.807) is 18.2 Å². The lowest BCUT2D eigenvalue weighted by Gasteiger charge is -2.26. The molecule has 0 unspecified atom stereocenters. The summed E-state index contributed by atoms with van der Waals surface area (Å²) in [6, 6.07) is 11.2. The third-order valence-electron chi connectivity index (χ3n) is 4.70. The Hall–Kier alpha value is -3.00. The monoisotopic (exact) mass is 407 g/mol. The Morgan fingerprint density at radius 3 is 2.55 bits per heavy atom. The van der Waals surface area contributed by atoms with Crippen LogP contribution in [-0.2, 0) is 17.3 Å². The van der Waals surface area contributed by atoms with E-state index in [-0.39, 0.29) is 11.7 Å². The third-order valence-corrected chi connectivity index (χ3v) is 4.70. The van der Waals surface area contributed by atoms with Crippen molar-refractivity contribution in [1.29, 1.82) is 0 Å². The highest BCUT2D eigenvalue weighted by Gasteiger charge is 2.32. The molecule has 0 saturated heterocycles. The molecule has 0 aliphatic heterocycles. The molecule has 1 amide bonds. The molecule has 0 heterocycles. The second kappa shape index (κ2) is 8.57. The molecule has 2 aromatic carbocycles. The molecule has 1 aliphatic carbocycles. The van der Waals surface area contributed by atoms with Gasteiger partial charge < -0.3 is 9.47 Å². The zero-order chi connectivity index (χ0) is 21.0. The van der Waals surface area contributed by atoms with Crippen LogP contribution in [-0.4, -0.2) is 29.5 Å². The number of alkyl halides is 3. The molecule has 2 atom stereocenters. The fourth-order valence-electron chi connectivity index (χ4n) is 3.29. The van der Waals surface area contributed by atoms with E-state index < -0.39 is 23.9 Å². The van der Waals surface area contributed by atoms with Crippen molar-refractivity contribution in [2.45, 2.75) is 25.1 Å². The Labute approximate surface area is 165 Å². The van der Waals surface area contributed by atoms with Crippen LogP contribution in [0.1, 0.15) is 17.5 Å². The summed E-state index contributed by atoms with van der Waals surface area (Å²) in [6.45, 7) is 0. The van der Waals surface area contributed by atoms with E-state index in [2.05, 4.69) is 4.74 Å². The number of methoxy groups -OCH3 is 1. The summed E-state index contributed by atoms with van der Waals surface area (Å²) in [6.07, 6.45) is -0.473. The first kappa shape index (κ1) is 20.7. The zero-order valence-corrected chi connectivity index (χ0v) is 15.6. The number of carbonyl (C=O) groups excluding carboxylic acids is 1. The minimum Gasteiger partial charge on any atom is -0.457 e. The third kappa shape index (κ3) is 5.08. The maximum atomic E-state index is 12.9. The fourth-order valence-corrected chi connectivity index (χ4v) is 3.29. The van der Waals surface area contributed by atoms with Crippen molar-refractivity contribution in [3.63, 3.8) is 0 Å². The number of hydrogen-bond donors (Lipinski definition) is 1. The van der Waals surface area contributed by atoms with Crippen molar-refractivity contribution in [3.05, 3.63) is 71.8 Å². The summed E-state index contributed by atoms with van der Waals surface area (Å²) >= 11 is 0. The number of carbonyl (C=O) groups is 1. The molecule has 0 fully saturated rings. The Morgan fingerprint density at radius 1 is 1.17 bits per heavy atom. The SMILES string of the molecule is COC(=O)N(O)[C@H]1CC=C[C@@H]1Cc1cccc(Oc2cccc(C(F)(F)F)c2)c1. The summed E-state index contributed by atoms with van der Waals surface area (Å²) < 4.78 is 48.7. The van der Waals surface area contributed by atoms with Gasteiger partial charge in [0.05, 0.1) is 18.7 Å².